The SMILES string of the molecule is CSc1cccc(N=Nc2c(N)n[nH]c2N)c1. The first-order valence-corrected chi connectivity index (χ1v) is 6.08. The van der Waals surface area contributed by atoms with Gasteiger partial charge >= 0.3 is 0 Å². The van der Waals surface area contributed by atoms with Crippen LogP contribution in [0.2, 0.25) is 0 Å². The molecule has 0 amide bonds. The number of benzene rings is 1. The third-order valence-corrected chi connectivity index (χ3v) is 2.84. The number of anilines is 2. The van der Waals surface area contributed by atoms with Gasteiger partial charge in [-0.2, -0.15) is 10.2 Å². The molecule has 5 N–H and O–H groups in total. The van der Waals surface area contributed by atoms with E-state index in [1.54, 1.807) is 11.8 Å². The van der Waals surface area contributed by atoms with Crippen molar-refractivity contribution in [1.82, 2.24) is 10.2 Å². The lowest BCUT2D eigenvalue weighted by atomic mass is 10.3. The second-order valence-electron chi connectivity index (χ2n) is 3.27. The normalized spacial score (nSPS) is 11.1. The Balaban J connectivity index is 2.26. The molecule has 6 nitrogen and oxygen atoms in total. The Morgan fingerprint density at radius 2 is 2.12 bits per heavy atom. The van der Waals surface area contributed by atoms with E-state index < -0.39 is 0 Å². The Bertz CT molecular complexity index is 528. The lowest BCUT2D eigenvalue weighted by Gasteiger charge is -1.96. The average Bonchev–Trinajstić information content (AvgIpc) is 2.67. The number of hydrogen-bond acceptors (Lipinski definition) is 6. The fraction of sp³-hybridized carbons (Fsp3) is 0.100. The Morgan fingerprint density at radius 3 is 2.76 bits per heavy atom. The number of thioether (sulfide) groups is 1. The number of aromatic amines is 1. The minimum atomic E-state index is 0.243. The van der Waals surface area contributed by atoms with E-state index in [4.69, 9.17) is 11.5 Å². The van der Waals surface area contributed by atoms with Crippen LogP contribution in [0.3, 0.4) is 0 Å². The highest BCUT2D eigenvalue weighted by molar-refractivity contribution is 7.98. The van der Waals surface area contributed by atoms with Gasteiger partial charge in [0.15, 0.2) is 11.5 Å². The number of rotatable bonds is 3. The molecule has 17 heavy (non-hydrogen) atoms. The molecule has 0 saturated heterocycles. The second kappa shape index (κ2) is 4.88. The summed E-state index contributed by atoms with van der Waals surface area (Å²) < 4.78 is 0. The first-order valence-electron chi connectivity index (χ1n) is 4.86. The van der Waals surface area contributed by atoms with Gasteiger partial charge in [0.2, 0.25) is 0 Å². The minimum Gasteiger partial charge on any atom is -0.382 e. The highest BCUT2D eigenvalue weighted by atomic mass is 32.2. The molecule has 7 heteroatoms. The predicted octanol–water partition coefficient (Wildman–Crippen LogP) is 2.71. The maximum Gasteiger partial charge on any atom is 0.175 e. The van der Waals surface area contributed by atoms with Gasteiger partial charge in [-0.15, -0.1) is 16.9 Å². The number of nitrogens with two attached hydrogens (primary N) is 2. The van der Waals surface area contributed by atoms with Crippen molar-refractivity contribution in [2.75, 3.05) is 17.7 Å². The Morgan fingerprint density at radius 1 is 1.29 bits per heavy atom. The predicted molar refractivity (Wildman–Crippen MR) is 69.8 cm³/mol. The third-order valence-electron chi connectivity index (χ3n) is 2.11. The van der Waals surface area contributed by atoms with E-state index in [0.717, 1.165) is 10.6 Å². The van der Waals surface area contributed by atoms with Crippen LogP contribution in [-0.2, 0) is 0 Å². The number of hydrogen-bond donors (Lipinski definition) is 3. The van der Waals surface area contributed by atoms with Crippen LogP contribution >= 0.6 is 11.8 Å². The van der Waals surface area contributed by atoms with Gasteiger partial charge in [-0.25, -0.2) is 0 Å². The molecular weight excluding hydrogens is 236 g/mol. The van der Waals surface area contributed by atoms with Crippen molar-refractivity contribution >= 4 is 34.8 Å². The Labute approximate surface area is 103 Å². The number of azo groups is 1. The summed E-state index contributed by atoms with van der Waals surface area (Å²) in [5.74, 6) is 0.555. The average molecular weight is 248 g/mol. The van der Waals surface area contributed by atoms with E-state index in [0.29, 0.717) is 11.5 Å². The summed E-state index contributed by atoms with van der Waals surface area (Å²) >= 11 is 1.64. The number of nitrogens with one attached hydrogen (secondary N) is 1. The van der Waals surface area contributed by atoms with Crippen LogP contribution in [0.4, 0.5) is 23.0 Å². The maximum absolute atomic E-state index is 5.61. The highest BCUT2D eigenvalue weighted by Gasteiger charge is 2.06. The van der Waals surface area contributed by atoms with E-state index in [2.05, 4.69) is 20.4 Å². The number of nitrogens with zero attached hydrogens (tertiary/aromatic N) is 3. The fourth-order valence-corrected chi connectivity index (χ4v) is 1.70. The largest absolute Gasteiger partial charge is 0.382 e. The van der Waals surface area contributed by atoms with E-state index in [1.165, 1.54) is 0 Å². The number of nitrogen functional groups attached to an aromatic ring is 2. The number of H-pyrrole nitrogens is 1. The van der Waals surface area contributed by atoms with Crippen molar-refractivity contribution < 1.29 is 0 Å². The van der Waals surface area contributed by atoms with Crippen LogP contribution in [0, 0.1) is 0 Å². The standard InChI is InChI=1S/C10H12N6S/c1-17-7-4-2-3-6(5-7)13-14-8-9(11)15-16-10(8)12/h2-5H,1H3,(H5,11,12,15,16). The van der Waals surface area contributed by atoms with Gasteiger partial charge in [-0.3, -0.25) is 5.10 Å². The summed E-state index contributed by atoms with van der Waals surface area (Å²) in [7, 11) is 0. The summed E-state index contributed by atoms with van der Waals surface area (Å²) in [6, 6.07) is 7.71. The molecule has 0 aliphatic rings. The van der Waals surface area contributed by atoms with Crippen LogP contribution in [0.15, 0.2) is 39.4 Å². The zero-order chi connectivity index (χ0) is 12.3. The summed E-state index contributed by atoms with van der Waals surface area (Å²) in [5, 5.41) is 14.3. The first kappa shape index (κ1) is 11.5. The quantitative estimate of drug-likeness (QED) is 0.573. The molecule has 0 aliphatic heterocycles. The first-order chi connectivity index (χ1) is 8.20. The summed E-state index contributed by atoms with van der Waals surface area (Å²) in [6.07, 6.45) is 2.00. The lowest BCUT2D eigenvalue weighted by Crippen LogP contribution is -1.84. The van der Waals surface area contributed by atoms with Gasteiger partial charge in [0.05, 0.1) is 5.69 Å². The molecule has 0 spiro atoms. The third kappa shape index (κ3) is 2.56. The van der Waals surface area contributed by atoms with Gasteiger partial charge in [0.1, 0.15) is 5.82 Å². The van der Waals surface area contributed by atoms with Crippen molar-refractivity contribution in [3.8, 4) is 0 Å². The topological polar surface area (TPSA) is 105 Å². The van der Waals surface area contributed by atoms with E-state index in [9.17, 15) is 0 Å². The lowest BCUT2D eigenvalue weighted by molar-refractivity contribution is 1.11. The Hall–Kier alpha value is -2.02. The van der Waals surface area contributed by atoms with Crippen molar-refractivity contribution in [3.05, 3.63) is 24.3 Å². The molecule has 0 fully saturated rings. The van der Waals surface area contributed by atoms with E-state index in [-0.39, 0.29) is 5.82 Å². The van der Waals surface area contributed by atoms with Gasteiger partial charge in [-0.1, -0.05) is 6.07 Å². The van der Waals surface area contributed by atoms with Crippen molar-refractivity contribution in [2.24, 2.45) is 10.2 Å². The van der Waals surface area contributed by atoms with Crippen LogP contribution in [0.5, 0.6) is 0 Å². The molecule has 0 aliphatic carbocycles. The van der Waals surface area contributed by atoms with Crippen LogP contribution in [0.1, 0.15) is 0 Å². The van der Waals surface area contributed by atoms with Crippen LogP contribution in [0.25, 0.3) is 0 Å². The molecule has 0 saturated carbocycles. The summed E-state index contributed by atoms with van der Waals surface area (Å²) in [4.78, 5) is 1.12. The highest BCUT2D eigenvalue weighted by Crippen LogP contribution is 2.29. The van der Waals surface area contributed by atoms with Crippen LogP contribution in [-0.4, -0.2) is 16.5 Å². The molecule has 1 heterocycles. The maximum atomic E-state index is 5.61. The molecular formula is C10H12N6S. The van der Waals surface area contributed by atoms with Crippen molar-refractivity contribution in [1.29, 1.82) is 0 Å². The zero-order valence-corrected chi connectivity index (χ0v) is 10.0. The second-order valence-corrected chi connectivity index (χ2v) is 4.15. The molecule has 0 radical (unpaired) electrons. The minimum absolute atomic E-state index is 0.243. The summed E-state index contributed by atoms with van der Waals surface area (Å²) in [6.45, 7) is 0. The molecule has 1 aromatic carbocycles. The van der Waals surface area contributed by atoms with Gasteiger partial charge in [-0.05, 0) is 24.5 Å². The number of aromatic nitrogens is 2. The van der Waals surface area contributed by atoms with Crippen molar-refractivity contribution in [3.63, 3.8) is 0 Å². The molecule has 0 unspecified atom stereocenters. The zero-order valence-electron chi connectivity index (χ0n) is 9.21. The summed E-state index contributed by atoms with van der Waals surface area (Å²) in [5.41, 5.74) is 12.3. The van der Waals surface area contributed by atoms with Crippen molar-refractivity contribution in [2.45, 2.75) is 4.90 Å². The Kier molecular flexibility index (Phi) is 3.29. The molecule has 2 rings (SSSR count). The molecule has 0 bridgehead atoms. The van der Waals surface area contributed by atoms with E-state index in [1.807, 2.05) is 30.5 Å². The molecule has 1 aromatic heterocycles. The molecule has 0 atom stereocenters. The molecule has 88 valence electrons. The smallest absolute Gasteiger partial charge is 0.175 e. The molecule has 2 aromatic rings. The fourth-order valence-electron chi connectivity index (χ4n) is 1.25. The van der Waals surface area contributed by atoms with Crippen LogP contribution < -0.4 is 11.5 Å². The van der Waals surface area contributed by atoms with Gasteiger partial charge < -0.3 is 11.5 Å². The monoisotopic (exact) mass is 248 g/mol. The van der Waals surface area contributed by atoms with Gasteiger partial charge in [0.25, 0.3) is 0 Å². The van der Waals surface area contributed by atoms with E-state index >= 15 is 0 Å². The van der Waals surface area contributed by atoms with Gasteiger partial charge in [0, 0.05) is 4.90 Å².